The summed E-state index contributed by atoms with van der Waals surface area (Å²) >= 11 is 2.22. The Morgan fingerprint density at radius 1 is 0.627 bits per heavy atom. The van der Waals surface area contributed by atoms with Crippen molar-refractivity contribution < 1.29 is 27.8 Å². The first-order valence-corrected chi connectivity index (χ1v) is 24.4. The first-order valence-electron chi connectivity index (χ1n) is 23.3. The van der Waals surface area contributed by atoms with Crippen molar-refractivity contribution in [2.75, 3.05) is 18.4 Å². The summed E-state index contributed by atoms with van der Waals surface area (Å²) in [6.45, 7) is 5.00. The molecule has 0 spiro atoms. The fourth-order valence-corrected chi connectivity index (χ4v) is 9.16. The van der Waals surface area contributed by atoms with Crippen molar-refractivity contribution in [2.45, 2.75) is 114 Å². The molecule has 13 heteroatoms. The lowest BCUT2D eigenvalue weighted by atomic mass is 9.86. The maximum Gasteiger partial charge on any atom is 0.126 e. The lowest BCUT2D eigenvalue weighted by Crippen LogP contribution is -2.44. The van der Waals surface area contributed by atoms with E-state index in [2.05, 4.69) is 98.8 Å². The predicted octanol–water partition coefficient (Wildman–Crippen LogP) is 10.1. The molecule has 7 N–H and O–H groups in total. The molecule has 2 aromatic heterocycles. The SMILES string of the molecule is CCc1ccc2c(c1)[C@@H](NC[C@@H](O)[C@@H](N)Cc1cc(F)cc(F)c1)CCC2.CCc1ccc2c(c1)[C@@H](NC[C@@H](O)[C@H](Cc1cc(F)cc(F)c1)Nc1cccnc1)CCC2.Ic1cccnc1. The number of hydrogen-bond acceptors (Lipinski definition) is 8. The largest absolute Gasteiger partial charge is 0.390 e. The Labute approximate surface area is 406 Å². The summed E-state index contributed by atoms with van der Waals surface area (Å²) in [5, 5.41) is 31.8. The number of hydrogen-bond donors (Lipinski definition) is 6. The second-order valence-corrected chi connectivity index (χ2v) is 18.7. The molecule has 6 aromatic rings. The number of nitrogens with two attached hydrogens (primary N) is 1. The molecule has 2 aliphatic rings. The fraction of sp³-hybridized carbons (Fsp3) is 0.370. The molecule has 356 valence electrons. The molecular weight excluding hydrogens is 968 g/mol. The number of anilines is 1. The van der Waals surface area contributed by atoms with Gasteiger partial charge in [-0.2, -0.15) is 0 Å². The van der Waals surface area contributed by atoms with Crippen molar-refractivity contribution in [2.24, 2.45) is 5.73 Å². The van der Waals surface area contributed by atoms with E-state index in [1.807, 2.05) is 24.4 Å². The van der Waals surface area contributed by atoms with Crippen LogP contribution in [0.15, 0.2) is 122 Å². The lowest BCUT2D eigenvalue weighted by Gasteiger charge is -2.30. The van der Waals surface area contributed by atoms with Gasteiger partial charge in [0.05, 0.1) is 23.9 Å². The molecule has 0 saturated heterocycles. The number of aromatic nitrogens is 2. The number of aryl methyl sites for hydroxylation is 4. The Bertz CT molecular complexity index is 2410. The van der Waals surface area contributed by atoms with E-state index >= 15 is 0 Å². The van der Waals surface area contributed by atoms with Gasteiger partial charge in [-0.3, -0.25) is 9.97 Å². The Hall–Kier alpha value is -4.77. The quantitative estimate of drug-likeness (QED) is 0.0418. The molecule has 0 aliphatic heterocycles. The van der Waals surface area contributed by atoms with Gasteiger partial charge in [-0.05, 0) is 180 Å². The molecule has 8 rings (SSSR count). The van der Waals surface area contributed by atoms with Gasteiger partial charge in [-0.15, -0.1) is 0 Å². The highest BCUT2D eigenvalue weighted by atomic mass is 127. The molecule has 2 heterocycles. The van der Waals surface area contributed by atoms with Crippen molar-refractivity contribution in [3.05, 3.63) is 193 Å². The van der Waals surface area contributed by atoms with E-state index in [1.54, 1.807) is 24.7 Å². The van der Waals surface area contributed by atoms with Crippen molar-refractivity contribution in [3.8, 4) is 0 Å². The zero-order valence-corrected chi connectivity index (χ0v) is 40.4. The van der Waals surface area contributed by atoms with Crippen LogP contribution in [0.2, 0.25) is 0 Å². The fourth-order valence-electron chi connectivity index (χ4n) is 8.79. The molecule has 0 amide bonds. The summed E-state index contributed by atoms with van der Waals surface area (Å²) in [5.41, 5.74) is 15.7. The number of nitrogens with zero attached hydrogens (tertiary/aromatic N) is 2. The summed E-state index contributed by atoms with van der Waals surface area (Å²) < 4.78 is 55.3. The van der Waals surface area contributed by atoms with E-state index in [0.717, 1.165) is 69.2 Å². The first-order chi connectivity index (χ1) is 32.4. The lowest BCUT2D eigenvalue weighted by molar-refractivity contribution is 0.136. The van der Waals surface area contributed by atoms with Crippen LogP contribution in [-0.4, -0.2) is 57.6 Å². The van der Waals surface area contributed by atoms with Crippen LogP contribution in [0.1, 0.15) is 96.1 Å². The third kappa shape index (κ3) is 16.2. The van der Waals surface area contributed by atoms with Crippen LogP contribution >= 0.6 is 22.6 Å². The zero-order valence-electron chi connectivity index (χ0n) is 38.3. The van der Waals surface area contributed by atoms with Crippen LogP contribution in [0.3, 0.4) is 0 Å². The Balaban J connectivity index is 0.000000195. The third-order valence-electron chi connectivity index (χ3n) is 12.4. The standard InChI is InChI=1S/C27H31F2N3O.C22H28F2N2O.C5H4IN/c1-2-18-8-9-20-5-3-7-25(24(20)13-18)31-17-27(33)26(32-23-6-4-10-30-16-23)14-19-11-21(28)15-22(29)12-19;1-2-14-6-7-16-4-3-5-21(19(16)10-14)26-13-22(27)20(25)11-15-8-17(23)12-18(24)9-15;6-5-2-1-3-7-4-5/h4,6,8-13,15-16,25-27,31-33H,2-3,5,7,14,17H2,1H3;6-10,12,20-22,26-27H,2-5,11,13,25H2,1H3;1-4H/t25-,26-,27+;20-,21-,22+;/m00./s1. The van der Waals surface area contributed by atoms with E-state index in [1.165, 1.54) is 61.2 Å². The van der Waals surface area contributed by atoms with Crippen LogP contribution in [0.4, 0.5) is 23.2 Å². The molecular formula is C54H63F4IN6O2. The number of aliphatic hydroxyl groups excluding tert-OH is 2. The molecule has 0 saturated carbocycles. The normalized spacial score (nSPS) is 17.0. The number of pyridine rings is 2. The second kappa shape index (κ2) is 26.1. The first kappa shape index (κ1) is 51.6. The van der Waals surface area contributed by atoms with Crippen molar-refractivity contribution in [3.63, 3.8) is 0 Å². The van der Waals surface area contributed by atoms with Gasteiger partial charge in [0.25, 0.3) is 0 Å². The van der Waals surface area contributed by atoms with Crippen LogP contribution in [0.25, 0.3) is 0 Å². The third-order valence-corrected chi connectivity index (χ3v) is 13.0. The van der Waals surface area contributed by atoms with Gasteiger partial charge < -0.3 is 31.9 Å². The highest BCUT2D eigenvalue weighted by Gasteiger charge is 2.26. The molecule has 0 bridgehead atoms. The monoisotopic (exact) mass is 1030 g/mol. The van der Waals surface area contributed by atoms with Gasteiger partial charge in [0.2, 0.25) is 0 Å². The van der Waals surface area contributed by atoms with Gasteiger partial charge in [-0.25, -0.2) is 17.6 Å². The van der Waals surface area contributed by atoms with Crippen LogP contribution in [-0.2, 0) is 38.5 Å². The van der Waals surface area contributed by atoms with Gasteiger partial charge in [-0.1, -0.05) is 50.2 Å². The Kier molecular flexibility index (Phi) is 20.1. The number of aliphatic hydroxyl groups is 2. The van der Waals surface area contributed by atoms with Crippen molar-refractivity contribution in [1.29, 1.82) is 0 Å². The average Bonchev–Trinajstić information content (AvgIpc) is 3.32. The molecule has 2 aliphatic carbocycles. The minimum Gasteiger partial charge on any atom is -0.390 e. The zero-order chi connectivity index (χ0) is 47.7. The molecule has 4 aromatic carbocycles. The number of fused-ring (bicyclic) bond motifs is 2. The minimum atomic E-state index is -0.795. The van der Waals surface area contributed by atoms with E-state index in [0.29, 0.717) is 24.2 Å². The Morgan fingerprint density at radius 2 is 1.12 bits per heavy atom. The number of rotatable bonds is 16. The van der Waals surface area contributed by atoms with Gasteiger partial charge in [0.15, 0.2) is 0 Å². The summed E-state index contributed by atoms with van der Waals surface area (Å²) in [4.78, 5) is 7.99. The van der Waals surface area contributed by atoms with Crippen LogP contribution < -0.4 is 21.7 Å². The van der Waals surface area contributed by atoms with E-state index in [-0.39, 0.29) is 24.9 Å². The van der Waals surface area contributed by atoms with Gasteiger partial charge >= 0.3 is 0 Å². The van der Waals surface area contributed by atoms with Crippen LogP contribution in [0.5, 0.6) is 0 Å². The molecule has 6 atom stereocenters. The number of halogens is 5. The van der Waals surface area contributed by atoms with E-state index in [9.17, 15) is 27.8 Å². The maximum atomic E-state index is 13.8. The summed E-state index contributed by atoms with van der Waals surface area (Å²) in [6, 6.07) is 27.1. The topological polar surface area (TPSA) is 128 Å². The van der Waals surface area contributed by atoms with E-state index < -0.39 is 47.6 Å². The summed E-state index contributed by atoms with van der Waals surface area (Å²) in [7, 11) is 0. The Morgan fingerprint density at radius 3 is 1.57 bits per heavy atom. The molecule has 8 nitrogen and oxygen atoms in total. The van der Waals surface area contributed by atoms with Crippen molar-refractivity contribution in [1.82, 2.24) is 20.6 Å². The molecule has 67 heavy (non-hydrogen) atoms. The second-order valence-electron chi connectivity index (χ2n) is 17.4. The van der Waals surface area contributed by atoms with Crippen LogP contribution in [0, 0.1) is 26.8 Å². The maximum absolute atomic E-state index is 13.8. The molecule has 0 fully saturated rings. The minimum absolute atomic E-state index is 0.181. The van der Waals surface area contributed by atoms with Gasteiger partial charge in [0.1, 0.15) is 23.3 Å². The van der Waals surface area contributed by atoms with Crippen molar-refractivity contribution >= 4 is 28.3 Å². The van der Waals surface area contributed by atoms with Gasteiger partial charge in [0, 0.05) is 71.7 Å². The highest BCUT2D eigenvalue weighted by Crippen LogP contribution is 2.32. The smallest absolute Gasteiger partial charge is 0.126 e. The number of nitrogens with one attached hydrogen (secondary N) is 3. The predicted molar refractivity (Wildman–Crippen MR) is 268 cm³/mol. The number of benzene rings is 4. The summed E-state index contributed by atoms with van der Waals surface area (Å²) in [5.74, 6) is -2.50. The molecule has 0 unspecified atom stereocenters. The average molecular weight is 1030 g/mol. The van der Waals surface area contributed by atoms with E-state index in [4.69, 9.17) is 5.73 Å². The summed E-state index contributed by atoms with van der Waals surface area (Å²) in [6.07, 6.45) is 14.3. The highest BCUT2D eigenvalue weighted by molar-refractivity contribution is 14.1. The molecule has 0 radical (unpaired) electrons.